The molecule has 0 radical (unpaired) electrons. The van der Waals surface area contributed by atoms with Crippen molar-refractivity contribution in [1.29, 1.82) is 0 Å². The number of nitrogens with two attached hydrogens (primary N) is 1. The van der Waals surface area contributed by atoms with E-state index in [0.717, 1.165) is 0 Å². The van der Waals surface area contributed by atoms with E-state index in [2.05, 4.69) is 0 Å². The van der Waals surface area contributed by atoms with Crippen LogP contribution >= 0.6 is 58.0 Å². The molecule has 0 aliphatic rings. The summed E-state index contributed by atoms with van der Waals surface area (Å²) >= 11 is 29.0. The van der Waals surface area contributed by atoms with E-state index in [0.29, 0.717) is 0 Å². The number of carbonyl (C=O) groups is 2. The molecule has 10 heteroatoms. The first-order valence-electron chi connectivity index (χ1n) is 4.87. The third-order valence-electron chi connectivity index (χ3n) is 2.07. The average Bonchev–Trinajstić information content (AvgIpc) is 2.38. The normalized spacial score (nSPS) is 12.1. The predicted molar refractivity (Wildman–Crippen MR) is 77.4 cm³/mol. The van der Waals surface area contributed by atoms with E-state index in [-0.39, 0.29) is 30.9 Å². The van der Waals surface area contributed by atoms with Crippen molar-refractivity contribution < 1.29 is 19.4 Å². The summed E-state index contributed by atoms with van der Waals surface area (Å²) in [6, 6.07) is -1.40. The van der Waals surface area contributed by atoms with Gasteiger partial charge in [0.15, 0.2) is 5.75 Å². The molecule has 0 aliphatic heterocycles. The molecule has 5 nitrogen and oxygen atoms in total. The lowest BCUT2D eigenvalue weighted by Gasteiger charge is -2.14. The molecule has 0 aromatic heterocycles. The fourth-order valence-electron chi connectivity index (χ4n) is 1.12. The minimum atomic E-state index is -1.40. The van der Waals surface area contributed by atoms with Gasteiger partial charge in [-0.1, -0.05) is 58.0 Å². The third-order valence-corrected chi connectivity index (χ3v) is 4.31. The van der Waals surface area contributed by atoms with Gasteiger partial charge >= 0.3 is 11.9 Å². The van der Waals surface area contributed by atoms with Crippen molar-refractivity contribution in [2.75, 3.05) is 0 Å². The fourth-order valence-corrected chi connectivity index (χ4v) is 2.32. The molecule has 20 heavy (non-hydrogen) atoms. The van der Waals surface area contributed by atoms with Crippen LogP contribution in [0, 0.1) is 0 Å². The van der Waals surface area contributed by atoms with Gasteiger partial charge < -0.3 is 15.6 Å². The van der Waals surface area contributed by atoms with Gasteiger partial charge in [0.25, 0.3) is 0 Å². The van der Waals surface area contributed by atoms with Crippen LogP contribution in [0.4, 0.5) is 0 Å². The molecule has 1 atom stereocenters. The van der Waals surface area contributed by atoms with Crippen molar-refractivity contribution in [2.45, 2.75) is 12.5 Å². The summed E-state index contributed by atoms with van der Waals surface area (Å²) < 4.78 is 4.84. The zero-order valence-corrected chi connectivity index (χ0v) is 13.2. The second kappa shape index (κ2) is 7.02. The molecule has 1 rings (SSSR count). The second-order valence-electron chi connectivity index (χ2n) is 3.52. The SMILES string of the molecule is N[C@@H](CC(=O)O)C(=O)Oc1c(Cl)c(Cl)c(Cl)c(Cl)c1Cl. The van der Waals surface area contributed by atoms with Crippen LogP contribution in [-0.2, 0) is 9.59 Å². The van der Waals surface area contributed by atoms with E-state index in [4.69, 9.17) is 73.6 Å². The van der Waals surface area contributed by atoms with Crippen LogP contribution in [0.25, 0.3) is 0 Å². The number of carbonyl (C=O) groups excluding carboxylic acids is 1. The first-order valence-corrected chi connectivity index (χ1v) is 6.76. The Hall–Kier alpha value is -0.430. The number of hydrogen-bond acceptors (Lipinski definition) is 4. The van der Waals surface area contributed by atoms with Crippen molar-refractivity contribution in [3.63, 3.8) is 0 Å². The fraction of sp³-hybridized carbons (Fsp3) is 0.200. The van der Waals surface area contributed by atoms with Gasteiger partial charge in [0.05, 0.1) is 21.5 Å². The number of halogens is 5. The number of rotatable bonds is 4. The van der Waals surface area contributed by atoms with E-state index in [9.17, 15) is 9.59 Å². The van der Waals surface area contributed by atoms with Crippen LogP contribution in [-0.4, -0.2) is 23.1 Å². The number of benzene rings is 1. The molecule has 3 N–H and O–H groups in total. The summed E-state index contributed by atoms with van der Waals surface area (Å²) in [6.07, 6.45) is -0.622. The van der Waals surface area contributed by atoms with Crippen molar-refractivity contribution >= 4 is 69.9 Å². The molecule has 0 saturated heterocycles. The van der Waals surface area contributed by atoms with Crippen molar-refractivity contribution in [3.05, 3.63) is 25.1 Å². The number of aliphatic carboxylic acids is 1. The number of carboxylic acids is 1. The van der Waals surface area contributed by atoms with Gasteiger partial charge in [-0.25, -0.2) is 4.79 Å². The Morgan fingerprint density at radius 3 is 1.80 bits per heavy atom. The van der Waals surface area contributed by atoms with Gasteiger partial charge in [-0.3, -0.25) is 4.79 Å². The van der Waals surface area contributed by atoms with Crippen LogP contribution < -0.4 is 10.5 Å². The Kier molecular flexibility index (Phi) is 6.19. The van der Waals surface area contributed by atoms with E-state index in [1.54, 1.807) is 0 Å². The van der Waals surface area contributed by atoms with Crippen LogP contribution in [0.2, 0.25) is 25.1 Å². The molecule has 0 unspecified atom stereocenters. The second-order valence-corrected chi connectivity index (χ2v) is 5.41. The number of ether oxygens (including phenoxy) is 1. The van der Waals surface area contributed by atoms with Crippen LogP contribution in [0.15, 0.2) is 0 Å². The predicted octanol–water partition coefficient (Wildman–Crippen LogP) is 3.66. The number of esters is 1. The molecule has 0 amide bonds. The highest BCUT2D eigenvalue weighted by atomic mass is 35.5. The van der Waals surface area contributed by atoms with E-state index in [1.807, 2.05) is 0 Å². The molecule has 0 spiro atoms. The minimum absolute atomic E-state index is 0.0991. The Bertz CT molecular complexity index is 548. The molecule has 110 valence electrons. The van der Waals surface area contributed by atoms with E-state index >= 15 is 0 Å². The van der Waals surface area contributed by atoms with Gasteiger partial charge in [0, 0.05) is 0 Å². The highest BCUT2D eigenvalue weighted by Gasteiger charge is 2.25. The van der Waals surface area contributed by atoms with E-state index in [1.165, 1.54) is 0 Å². The van der Waals surface area contributed by atoms with Gasteiger partial charge in [-0.15, -0.1) is 0 Å². The molecule has 0 fully saturated rings. The summed E-state index contributed by atoms with van der Waals surface area (Å²) in [5.74, 6) is -2.65. The Morgan fingerprint density at radius 2 is 1.40 bits per heavy atom. The molecule has 0 bridgehead atoms. The molecular formula is C10H6Cl5NO4. The summed E-state index contributed by atoms with van der Waals surface area (Å²) in [6.45, 7) is 0. The molecule has 0 aliphatic carbocycles. The monoisotopic (exact) mass is 379 g/mol. The van der Waals surface area contributed by atoms with Gasteiger partial charge in [0.2, 0.25) is 0 Å². The third kappa shape index (κ3) is 3.81. The maximum Gasteiger partial charge on any atom is 0.329 e. The van der Waals surface area contributed by atoms with Crippen molar-refractivity contribution in [1.82, 2.24) is 0 Å². The van der Waals surface area contributed by atoms with E-state index < -0.39 is 24.4 Å². The maximum absolute atomic E-state index is 11.6. The maximum atomic E-state index is 11.6. The minimum Gasteiger partial charge on any atom is -0.481 e. The van der Waals surface area contributed by atoms with Crippen molar-refractivity contribution in [2.24, 2.45) is 5.73 Å². The van der Waals surface area contributed by atoms with Crippen LogP contribution in [0.3, 0.4) is 0 Å². The molecule has 1 aromatic rings. The molecule has 0 saturated carbocycles. The lowest BCUT2D eigenvalue weighted by molar-refractivity contribution is -0.143. The summed E-state index contributed by atoms with van der Waals surface area (Å²) in [4.78, 5) is 22.1. The molecular weight excluding hydrogens is 375 g/mol. The topological polar surface area (TPSA) is 89.6 Å². The van der Waals surface area contributed by atoms with Gasteiger partial charge in [-0.05, 0) is 0 Å². The first-order chi connectivity index (χ1) is 9.16. The standard InChI is InChI=1S/C10H6Cl5NO4/c11-4-5(12)7(14)9(8(15)6(4)13)20-10(19)2(16)1-3(17)18/h2H,1,16H2,(H,17,18)/t2-/m0/s1. The average molecular weight is 381 g/mol. The Labute approximate surface area is 138 Å². The Morgan fingerprint density at radius 1 is 1.00 bits per heavy atom. The largest absolute Gasteiger partial charge is 0.481 e. The molecule has 1 aromatic carbocycles. The summed E-state index contributed by atoms with van der Waals surface area (Å²) in [5.41, 5.74) is 5.34. The van der Waals surface area contributed by atoms with Crippen molar-refractivity contribution in [3.8, 4) is 5.75 Å². The van der Waals surface area contributed by atoms with Crippen LogP contribution in [0.5, 0.6) is 5.75 Å². The molecule has 0 heterocycles. The lowest BCUT2D eigenvalue weighted by Crippen LogP contribution is -2.36. The highest BCUT2D eigenvalue weighted by molar-refractivity contribution is 6.55. The smallest absolute Gasteiger partial charge is 0.329 e. The Balaban J connectivity index is 3.10. The summed E-state index contributed by atoms with van der Waals surface area (Å²) in [7, 11) is 0. The van der Waals surface area contributed by atoms with Gasteiger partial charge in [-0.2, -0.15) is 0 Å². The lowest BCUT2D eigenvalue weighted by atomic mass is 10.2. The van der Waals surface area contributed by atoms with Crippen LogP contribution in [0.1, 0.15) is 6.42 Å². The van der Waals surface area contributed by atoms with Gasteiger partial charge in [0.1, 0.15) is 16.1 Å². The number of carboxylic acid groups (broad SMARTS) is 1. The highest BCUT2D eigenvalue weighted by Crippen LogP contribution is 2.48. The zero-order valence-electron chi connectivity index (χ0n) is 9.42. The summed E-state index contributed by atoms with van der Waals surface area (Å²) in [5, 5.41) is 7.65. The zero-order chi connectivity index (χ0) is 15.6. The quantitative estimate of drug-likeness (QED) is 0.360. The number of hydrogen-bond donors (Lipinski definition) is 2. The first kappa shape index (κ1) is 17.6.